The topological polar surface area (TPSA) is 77.3 Å². The standard InChI is InChI=1S/C14H26N2O4/c1-6-8-9-11(7-2)10-19-12(17)15-16-13(18)20-14(3,4)5/h11H,6-10H2,1-5H3/b16-15+. The summed E-state index contributed by atoms with van der Waals surface area (Å²) in [6.45, 7) is 9.60. The van der Waals surface area contributed by atoms with Crippen molar-refractivity contribution in [2.45, 2.75) is 65.9 Å². The lowest BCUT2D eigenvalue weighted by atomic mass is 10.0. The Morgan fingerprint density at radius 2 is 1.70 bits per heavy atom. The van der Waals surface area contributed by atoms with Crippen LogP contribution in [0.1, 0.15) is 60.3 Å². The summed E-state index contributed by atoms with van der Waals surface area (Å²) >= 11 is 0. The van der Waals surface area contributed by atoms with Crippen molar-refractivity contribution in [1.82, 2.24) is 0 Å². The van der Waals surface area contributed by atoms with Crippen LogP contribution in [0.2, 0.25) is 0 Å². The first kappa shape index (κ1) is 18.5. The molecule has 116 valence electrons. The first-order chi connectivity index (χ1) is 9.28. The van der Waals surface area contributed by atoms with Crippen LogP contribution in [0.25, 0.3) is 0 Å². The molecule has 0 aliphatic carbocycles. The number of hydrogen-bond acceptors (Lipinski definition) is 4. The molecule has 0 saturated carbocycles. The Morgan fingerprint density at radius 1 is 1.10 bits per heavy atom. The van der Waals surface area contributed by atoms with E-state index in [2.05, 4.69) is 24.1 Å². The molecule has 0 aromatic heterocycles. The molecule has 0 aliphatic rings. The van der Waals surface area contributed by atoms with Crippen LogP contribution in [-0.2, 0) is 9.47 Å². The molecule has 0 aromatic carbocycles. The lowest BCUT2D eigenvalue weighted by Crippen LogP contribution is -2.21. The quantitative estimate of drug-likeness (QED) is 0.661. The third-order valence-electron chi connectivity index (χ3n) is 2.59. The molecule has 0 N–H and O–H groups in total. The summed E-state index contributed by atoms with van der Waals surface area (Å²) in [5, 5.41) is 6.35. The highest BCUT2D eigenvalue weighted by molar-refractivity contribution is 5.73. The van der Waals surface area contributed by atoms with E-state index in [-0.39, 0.29) is 0 Å². The van der Waals surface area contributed by atoms with Crippen molar-refractivity contribution < 1.29 is 19.1 Å². The Kier molecular flexibility index (Phi) is 8.76. The van der Waals surface area contributed by atoms with Crippen LogP contribution in [0.5, 0.6) is 0 Å². The molecule has 0 radical (unpaired) electrons. The van der Waals surface area contributed by atoms with Gasteiger partial charge < -0.3 is 9.47 Å². The molecule has 0 bridgehead atoms. The number of azo groups is 1. The second-order valence-electron chi connectivity index (χ2n) is 5.67. The molecule has 0 fully saturated rings. The molecule has 6 nitrogen and oxygen atoms in total. The summed E-state index contributed by atoms with van der Waals surface area (Å²) in [7, 11) is 0. The van der Waals surface area contributed by atoms with Gasteiger partial charge in [0.25, 0.3) is 0 Å². The molecule has 0 saturated heterocycles. The van der Waals surface area contributed by atoms with Crippen molar-refractivity contribution in [2.24, 2.45) is 16.1 Å². The number of ether oxygens (including phenoxy) is 2. The summed E-state index contributed by atoms with van der Waals surface area (Å²) in [6, 6.07) is 0. The second kappa shape index (κ2) is 9.44. The minimum atomic E-state index is -0.896. The highest BCUT2D eigenvalue weighted by atomic mass is 16.6. The zero-order chi connectivity index (χ0) is 15.6. The molecule has 0 heterocycles. The maximum Gasteiger partial charge on any atom is 0.453 e. The van der Waals surface area contributed by atoms with Crippen LogP contribution in [0, 0.1) is 5.92 Å². The van der Waals surface area contributed by atoms with E-state index in [1.165, 1.54) is 0 Å². The smallest absolute Gasteiger partial charge is 0.447 e. The third kappa shape index (κ3) is 10.5. The first-order valence-corrected chi connectivity index (χ1v) is 7.10. The second-order valence-corrected chi connectivity index (χ2v) is 5.67. The highest BCUT2D eigenvalue weighted by Crippen LogP contribution is 2.13. The predicted molar refractivity (Wildman–Crippen MR) is 75.7 cm³/mol. The molecule has 1 atom stereocenters. The molecule has 2 amide bonds. The molecule has 20 heavy (non-hydrogen) atoms. The van der Waals surface area contributed by atoms with E-state index in [0.29, 0.717) is 12.5 Å². The molecule has 0 aromatic rings. The number of amides is 2. The van der Waals surface area contributed by atoms with Gasteiger partial charge in [0.1, 0.15) is 5.60 Å². The fourth-order valence-corrected chi connectivity index (χ4v) is 1.48. The van der Waals surface area contributed by atoms with E-state index in [1.807, 2.05) is 0 Å². The van der Waals surface area contributed by atoms with Crippen molar-refractivity contribution in [3.8, 4) is 0 Å². The van der Waals surface area contributed by atoms with Gasteiger partial charge in [-0.1, -0.05) is 43.3 Å². The van der Waals surface area contributed by atoms with Gasteiger partial charge in [0.15, 0.2) is 0 Å². The fraction of sp³-hybridized carbons (Fsp3) is 0.857. The van der Waals surface area contributed by atoms with Gasteiger partial charge in [0, 0.05) is 0 Å². The van der Waals surface area contributed by atoms with Gasteiger partial charge in [0.05, 0.1) is 6.61 Å². The molecular weight excluding hydrogens is 260 g/mol. The van der Waals surface area contributed by atoms with Gasteiger partial charge >= 0.3 is 12.2 Å². The summed E-state index contributed by atoms with van der Waals surface area (Å²) in [4.78, 5) is 22.5. The Labute approximate surface area is 120 Å². The number of nitrogens with zero attached hydrogens (tertiary/aromatic N) is 2. The van der Waals surface area contributed by atoms with Crippen molar-refractivity contribution in [2.75, 3.05) is 6.61 Å². The fourth-order valence-electron chi connectivity index (χ4n) is 1.48. The van der Waals surface area contributed by atoms with Crippen molar-refractivity contribution in [3.63, 3.8) is 0 Å². The van der Waals surface area contributed by atoms with Crippen molar-refractivity contribution in [3.05, 3.63) is 0 Å². The zero-order valence-corrected chi connectivity index (χ0v) is 13.1. The maximum absolute atomic E-state index is 11.3. The normalized spacial score (nSPS) is 13.2. The summed E-state index contributed by atoms with van der Waals surface area (Å²) < 4.78 is 9.85. The Bertz CT molecular complexity index is 335. The molecule has 0 spiro atoms. The highest BCUT2D eigenvalue weighted by Gasteiger charge is 2.16. The summed E-state index contributed by atoms with van der Waals surface area (Å²) in [6.07, 6.45) is 2.43. The van der Waals surface area contributed by atoms with Gasteiger partial charge in [-0.3, -0.25) is 0 Å². The van der Waals surface area contributed by atoms with Crippen LogP contribution in [0.15, 0.2) is 10.2 Å². The molecule has 0 aliphatic heterocycles. The monoisotopic (exact) mass is 286 g/mol. The van der Waals surface area contributed by atoms with E-state index in [9.17, 15) is 9.59 Å². The van der Waals surface area contributed by atoms with E-state index < -0.39 is 17.8 Å². The van der Waals surface area contributed by atoms with E-state index in [1.54, 1.807) is 20.8 Å². The average Bonchev–Trinajstić information content (AvgIpc) is 2.34. The number of hydrogen-bond donors (Lipinski definition) is 0. The lowest BCUT2D eigenvalue weighted by molar-refractivity contribution is 0.0584. The SMILES string of the molecule is CCCCC(CC)COC(=O)/N=N/C(=O)OC(C)(C)C. The van der Waals surface area contributed by atoms with Gasteiger partial charge in [-0.2, -0.15) is 0 Å². The van der Waals surface area contributed by atoms with Gasteiger partial charge in [0.2, 0.25) is 0 Å². The van der Waals surface area contributed by atoms with Crippen LogP contribution in [-0.4, -0.2) is 24.4 Å². The maximum atomic E-state index is 11.3. The largest absolute Gasteiger partial charge is 0.453 e. The van der Waals surface area contributed by atoms with Crippen LogP contribution < -0.4 is 0 Å². The Morgan fingerprint density at radius 3 is 2.20 bits per heavy atom. The van der Waals surface area contributed by atoms with Gasteiger partial charge in [-0.15, -0.1) is 0 Å². The van der Waals surface area contributed by atoms with Crippen LogP contribution >= 0.6 is 0 Å². The zero-order valence-electron chi connectivity index (χ0n) is 13.1. The summed E-state index contributed by atoms with van der Waals surface area (Å²) in [5.74, 6) is 0.329. The third-order valence-corrected chi connectivity index (χ3v) is 2.59. The van der Waals surface area contributed by atoms with E-state index in [0.717, 1.165) is 25.7 Å². The van der Waals surface area contributed by atoms with Crippen molar-refractivity contribution in [1.29, 1.82) is 0 Å². The number of carbonyl (C=O) groups excluding carboxylic acids is 2. The van der Waals surface area contributed by atoms with Gasteiger partial charge in [-0.25, -0.2) is 9.59 Å². The minimum absolute atomic E-state index is 0.308. The summed E-state index contributed by atoms with van der Waals surface area (Å²) in [5.41, 5.74) is -0.659. The molecule has 6 heteroatoms. The number of unbranched alkanes of at least 4 members (excludes halogenated alkanes) is 1. The van der Waals surface area contributed by atoms with E-state index >= 15 is 0 Å². The van der Waals surface area contributed by atoms with Crippen molar-refractivity contribution >= 4 is 12.2 Å². The van der Waals surface area contributed by atoms with E-state index in [4.69, 9.17) is 9.47 Å². The molecular formula is C14H26N2O4. The van der Waals surface area contributed by atoms with Crippen LogP contribution in [0.3, 0.4) is 0 Å². The Balaban J connectivity index is 4.06. The number of carbonyl (C=O) groups is 2. The van der Waals surface area contributed by atoms with Crippen LogP contribution in [0.4, 0.5) is 9.59 Å². The minimum Gasteiger partial charge on any atom is -0.447 e. The molecule has 1 unspecified atom stereocenters. The van der Waals surface area contributed by atoms with Gasteiger partial charge in [-0.05, 0) is 33.1 Å². The average molecular weight is 286 g/mol. The lowest BCUT2D eigenvalue weighted by Gasteiger charge is -2.16. The molecule has 0 rings (SSSR count). The first-order valence-electron chi connectivity index (χ1n) is 7.10. The Hall–Kier alpha value is -1.46. The number of rotatable bonds is 6. The predicted octanol–water partition coefficient (Wildman–Crippen LogP) is 4.73.